The number of thiophene rings is 1. The largest absolute Gasteiger partial charge is 0.309 e. The van der Waals surface area contributed by atoms with Gasteiger partial charge >= 0.3 is 0 Å². The maximum absolute atomic E-state index is 2.45. The minimum Gasteiger partial charge on any atom is -0.309 e. The Labute approximate surface area is 466 Å². The standard InChI is InChI=1S/C78H47NS/c1-2-16-50(17-3-1)76-65-21-8-10-23-67(65)77(68-24-11-9-22-66(68)76)51-30-36-59(37-31-51)79-73-25-13-12-20-64(73)70-45-57(34-40-74(70)79)69-46-58(53-33-39-63-56(43-53)29-27-49-15-5-7-19-61(49)63)47-72-71-44-54(35-41-75(71)80-78(69)72)52-32-38-62-55(42-52)28-26-48-14-4-6-18-60(48)62/h1-47H. The van der Waals surface area contributed by atoms with Crippen LogP contribution in [0.4, 0.5) is 0 Å². The molecule has 80 heavy (non-hydrogen) atoms. The highest BCUT2D eigenvalue weighted by Crippen LogP contribution is 2.48. The van der Waals surface area contributed by atoms with Gasteiger partial charge in [0.05, 0.1) is 11.0 Å². The summed E-state index contributed by atoms with van der Waals surface area (Å²) in [6.07, 6.45) is 0. The minimum atomic E-state index is 1.13. The van der Waals surface area contributed by atoms with Gasteiger partial charge in [0.25, 0.3) is 0 Å². The molecule has 0 amide bonds. The Morgan fingerprint density at radius 3 is 1.30 bits per heavy atom. The summed E-state index contributed by atoms with van der Waals surface area (Å²) >= 11 is 1.90. The highest BCUT2D eigenvalue weighted by Gasteiger charge is 2.21. The van der Waals surface area contributed by atoms with Crippen molar-refractivity contribution in [2.24, 2.45) is 0 Å². The first kappa shape index (κ1) is 45.0. The summed E-state index contributed by atoms with van der Waals surface area (Å²) in [5, 5.41) is 20.2. The van der Waals surface area contributed by atoms with Gasteiger partial charge in [-0.2, -0.15) is 0 Å². The Balaban J connectivity index is 0.825. The Morgan fingerprint density at radius 1 is 0.225 bits per heavy atom. The van der Waals surface area contributed by atoms with Crippen LogP contribution in [0.1, 0.15) is 0 Å². The van der Waals surface area contributed by atoms with Gasteiger partial charge in [0.15, 0.2) is 0 Å². The monoisotopic (exact) mass is 1030 g/mol. The summed E-state index contributed by atoms with van der Waals surface area (Å²) in [6, 6.07) is 107. The van der Waals surface area contributed by atoms with Gasteiger partial charge < -0.3 is 4.57 Å². The summed E-state index contributed by atoms with van der Waals surface area (Å²) in [5.41, 5.74) is 15.8. The molecule has 2 heterocycles. The predicted molar refractivity (Wildman–Crippen MR) is 346 cm³/mol. The second-order valence-corrected chi connectivity index (χ2v) is 22.5. The molecule has 0 saturated carbocycles. The van der Waals surface area contributed by atoms with Crippen LogP contribution in [0, 0.1) is 0 Å². The van der Waals surface area contributed by atoms with E-state index in [1.807, 2.05) is 11.3 Å². The number of aromatic nitrogens is 1. The zero-order valence-electron chi connectivity index (χ0n) is 43.5. The summed E-state index contributed by atoms with van der Waals surface area (Å²) in [6.45, 7) is 0. The lowest BCUT2D eigenvalue weighted by Gasteiger charge is -2.18. The molecule has 370 valence electrons. The number of hydrogen-bond donors (Lipinski definition) is 0. The summed E-state index contributed by atoms with van der Waals surface area (Å²) in [5.74, 6) is 0. The Kier molecular flexibility index (Phi) is 9.95. The van der Waals surface area contributed by atoms with Crippen molar-refractivity contribution >= 4 is 118 Å². The molecule has 0 aliphatic rings. The van der Waals surface area contributed by atoms with Crippen molar-refractivity contribution < 1.29 is 0 Å². The number of hydrogen-bond acceptors (Lipinski definition) is 1. The average molecular weight is 1030 g/mol. The molecule has 1 nitrogen and oxygen atoms in total. The molecule has 0 radical (unpaired) electrons. The number of fused-ring (bicyclic) bond motifs is 14. The Morgan fingerprint density at radius 2 is 0.662 bits per heavy atom. The van der Waals surface area contributed by atoms with Crippen molar-refractivity contribution in [3.8, 4) is 61.3 Å². The number of nitrogens with zero attached hydrogens (tertiary/aromatic N) is 1. The molecule has 0 unspecified atom stereocenters. The highest BCUT2D eigenvalue weighted by atomic mass is 32.1. The Bertz CT molecular complexity index is 5350. The molecule has 0 aliphatic heterocycles. The third-order valence-electron chi connectivity index (χ3n) is 17.1. The lowest BCUT2D eigenvalue weighted by Crippen LogP contribution is -1.94. The molecule has 17 aromatic rings. The molecule has 2 heteroatoms. The lowest BCUT2D eigenvalue weighted by atomic mass is 9.86. The maximum Gasteiger partial charge on any atom is 0.0541 e. The molecular weight excluding hydrogens is 983 g/mol. The second kappa shape index (κ2) is 17.7. The molecular formula is C78H47NS. The van der Waals surface area contributed by atoms with E-state index in [1.165, 1.54) is 162 Å². The molecule has 2 aromatic heterocycles. The highest BCUT2D eigenvalue weighted by molar-refractivity contribution is 7.26. The number of para-hydroxylation sites is 1. The van der Waals surface area contributed by atoms with E-state index < -0.39 is 0 Å². The van der Waals surface area contributed by atoms with Crippen LogP contribution in [0.3, 0.4) is 0 Å². The van der Waals surface area contributed by atoms with Gasteiger partial charge in [0, 0.05) is 42.2 Å². The fourth-order valence-corrected chi connectivity index (χ4v) is 14.6. The van der Waals surface area contributed by atoms with Crippen LogP contribution in [0.25, 0.3) is 168 Å². The summed E-state index contributed by atoms with van der Waals surface area (Å²) in [7, 11) is 0. The van der Waals surface area contributed by atoms with E-state index in [0.29, 0.717) is 0 Å². The first-order valence-electron chi connectivity index (χ1n) is 27.6. The molecule has 17 rings (SSSR count). The molecule has 0 atom stereocenters. The topological polar surface area (TPSA) is 4.93 Å². The third-order valence-corrected chi connectivity index (χ3v) is 18.3. The molecule has 0 spiro atoms. The van der Waals surface area contributed by atoms with Gasteiger partial charge in [-0.05, 0) is 181 Å². The predicted octanol–water partition coefficient (Wildman–Crippen LogP) is 22.4. The van der Waals surface area contributed by atoms with Crippen LogP contribution in [0.5, 0.6) is 0 Å². The van der Waals surface area contributed by atoms with Gasteiger partial charge in [0.1, 0.15) is 0 Å². The average Bonchev–Trinajstić information content (AvgIpc) is 4.20. The van der Waals surface area contributed by atoms with Crippen LogP contribution < -0.4 is 0 Å². The van der Waals surface area contributed by atoms with Crippen LogP contribution in [0.15, 0.2) is 285 Å². The van der Waals surface area contributed by atoms with Crippen LogP contribution in [-0.2, 0) is 0 Å². The minimum absolute atomic E-state index is 1.13. The first-order valence-corrected chi connectivity index (χ1v) is 28.4. The van der Waals surface area contributed by atoms with Gasteiger partial charge in [-0.15, -0.1) is 11.3 Å². The normalized spacial score (nSPS) is 12.0. The smallest absolute Gasteiger partial charge is 0.0541 e. The third kappa shape index (κ3) is 6.96. The van der Waals surface area contributed by atoms with E-state index in [-0.39, 0.29) is 0 Å². The molecule has 0 bridgehead atoms. The number of benzene rings is 15. The van der Waals surface area contributed by atoms with E-state index in [2.05, 4.69) is 290 Å². The van der Waals surface area contributed by atoms with Crippen molar-refractivity contribution in [3.63, 3.8) is 0 Å². The molecule has 15 aromatic carbocycles. The van der Waals surface area contributed by atoms with Gasteiger partial charge in [-0.25, -0.2) is 0 Å². The zero-order chi connectivity index (χ0) is 52.4. The fourth-order valence-electron chi connectivity index (χ4n) is 13.4. The van der Waals surface area contributed by atoms with E-state index in [1.54, 1.807) is 0 Å². The SMILES string of the molecule is c1ccc(-c2c3ccccc3c(-c3ccc(-n4c5ccccc5c5cc(-c6cc(-c7ccc8c(ccc9ccccc98)c7)cc7c6sc6ccc(-c8ccc9c(ccc%10ccccc%109)c8)cc67)ccc54)cc3)c3ccccc23)cc1. The second-order valence-electron chi connectivity index (χ2n) is 21.5. The van der Waals surface area contributed by atoms with Crippen LogP contribution >= 0.6 is 11.3 Å². The number of rotatable bonds is 6. The molecule has 0 saturated heterocycles. The van der Waals surface area contributed by atoms with E-state index in [4.69, 9.17) is 0 Å². The zero-order valence-corrected chi connectivity index (χ0v) is 44.3. The van der Waals surface area contributed by atoms with Gasteiger partial charge in [0.2, 0.25) is 0 Å². The van der Waals surface area contributed by atoms with Crippen LogP contribution in [-0.4, -0.2) is 4.57 Å². The Hall–Kier alpha value is -10.1. The fraction of sp³-hybridized carbons (Fsp3) is 0. The van der Waals surface area contributed by atoms with Crippen LogP contribution in [0.2, 0.25) is 0 Å². The van der Waals surface area contributed by atoms with Gasteiger partial charge in [-0.3, -0.25) is 0 Å². The molecule has 0 N–H and O–H groups in total. The van der Waals surface area contributed by atoms with E-state index >= 15 is 0 Å². The summed E-state index contributed by atoms with van der Waals surface area (Å²) in [4.78, 5) is 0. The van der Waals surface area contributed by atoms with E-state index in [9.17, 15) is 0 Å². The molecule has 0 aliphatic carbocycles. The quantitative estimate of drug-likeness (QED) is 0.116. The van der Waals surface area contributed by atoms with E-state index in [0.717, 1.165) is 5.69 Å². The maximum atomic E-state index is 2.45. The summed E-state index contributed by atoms with van der Waals surface area (Å²) < 4.78 is 5.04. The van der Waals surface area contributed by atoms with Gasteiger partial charge in [-0.1, -0.05) is 218 Å². The van der Waals surface area contributed by atoms with Crippen molar-refractivity contribution in [2.75, 3.05) is 0 Å². The van der Waals surface area contributed by atoms with Crippen molar-refractivity contribution in [1.82, 2.24) is 4.57 Å². The first-order chi connectivity index (χ1) is 39.6. The molecule has 0 fully saturated rings. The van der Waals surface area contributed by atoms with Crippen molar-refractivity contribution in [3.05, 3.63) is 285 Å². The lowest BCUT2D eigenvalue weighted by molar-refractivity contribution is 1.18. The van der Waals surface area contributed by atoms with Crippen molar-refractivity contribution in [1.29, 1.82) is 0 Å². The van der Waals surface area contributed by atoms with Crippen molar-refractivity contribution in [2.45, 2.75) is 0 Å².